The van der Waals surface area contributed by atoms with Crippen molar-refractivity contribution < 1.29 is 23.9 Å². The molecular weight excluding hydrogens is 362 g/mol. The second kappa shape index (κ2) is 6.92. The van der Waals surface area contributed by atoms with Gasteiger partial charge in [-0.15, -0.1) is 0 Å². The van der Waals surface area contributed by atoms with Crippen LogP contribution in [-0.2, 0) is 19.1 Å². The van der Waals surface area contributed by atoms with Crippen molar-refractivity contribution in [1.82, 2.24) is 10.2 Å². The van der Waals surface area contributed by atoms with Crippen LogP contribution in [0.2, 0.25) is 0 Å². The molecule has 148 valence electrons. The highest BCUT2D eigenvalue weighted by Gasteiger charge is 2.60. The summed E-state index contributed by atoms with van der Waals surface area (Å²) in [5.41, 5.74) is -0.779. The van der Waals surface area contributed by atoms with Crippen molar-refractivity contribution in [2.75, 3.05) is 18.6 Å². The number of para-hydroxylation sites is 1. The number of hydrogen-bond acceptors (Lipinski definition) is 5. The van der Waals surface area contributed by atoms with Crippen LogP contribution in [0.5, 0.6) is 0 Å². The molecule has 8 heteroatoms. The number of esters is 1. The lowest BCUT2D eigenvalue weighted by molar-refractivity contribution is -0.159. The number of carbonyl (C=O) groups excluding carboxylic acids is 4. The summed E-state index contributed by atoms with van der Waals surface area (Å²) in [4.78, 5) is 53.3. The molecule has 0 aromatic heterocycles. The first-order valence-corrected chi connectivity index (χ1v) is 9.62. The van der Waals surface area contributed by atoms with Gasteiger partial charge in [-0.25, -0.2) is 4.79 Å². The third-order valence-electron chi connectivity index (χ3n) is 5.92. The average molecular weight is 385 g/mol. The lowest BCUT2D eigenvalue weighted by Crippen LogP contribution is -2.67. The molecule has 2 heterocycles. The maximum atomic E-state index is 13.1. The summed E-state index contributed by atoms with van der Waals surface area (Å²) in [5, 5.41) is 2.86. The lowest BCUT2D eigenvalue weighted by Gasteiger charge is -2.46. The minimum Gasteiger partial charge on any atom is -0.452 e. The highest BCUT2D eigenvalue weighted by atomic mass is 16.5. The van der Waals surface area contributed by atoms with Gasteiger partial charge in [-0.05, 0) is 25.0 Å². The molecule has 1 N–H and O–H groups in total. The monoisotopic (exact) mass is 385 g/mol. The zero-order chi connectivity index (χ0) is 19.9. The molecule has 0 spiro atoms. The normalized spacial score (nSPS) is 24.2. The van der Waals surface area contributed by atoms with E-state index in [-0.39, 0.29) is 36.6 Å². The third kappa shape index (κ3) is 2.75. The van der Waals surface area contributed by atoms with E-state index in [2.05, 4.69) is 5.32 Å². The minimum atomic E-state index is -1.55. The summed E-state index contributed by atoms with van der Waals surface area (Å²) in [7, 11) is 1.49. The van der Waals surface area contributed by atoms with Crippen molar-refractivity contribution in [1.29, 1.82) is 0 Å². The van der Waals surface area contributed by atoms with Gasteiger partial charge in [0.05, 0.1) is 11.3 Å². The van der Waals surface area contributed by atoms with E-state index < -0.39 is 18.2 Å². The molecule has 0 radical (unpaired) electrons. The van der Waals surface area contributed by atoms with Crippen molar-refractivity contribution in [2.45, 2.75) is 50.2 Å². The van der Waals surface area contributed by atoms with E-state index in [0.717, 1.165) is 25.7 Å². The zero-order valence-electron chi connectivity index (χ0n) is 15.8. The van der Waals surface area contributed by atoms with Crippen molar-refractivity contribution in [3.05, 3.63) is 29.8 Å². The van der Waals surface area contributed by atoms with Gasteiger partial charge in [0.2, 0.25) is 11.6 Å². The molecule has 2 fully saturated rings. The summed E-state index contributed by atoms with van der Waals surface area (Å²) in [6.45, 7) is -0.428. The van der Waals surface area contributed by atoms with Gasteiger partial charge in [0.1, 0.15) is 0 Å². The van der Waals surface area contributed by atoms with Crippen LogP contribution in [-0.4, -0.2) is 54.0 Å². The first-order valence-electron chi connectivity index (χ1n) is 9.62. The van der Waals surface area contributed by atoms with Crippen LogP contribution < -0.4 is 10.2 Å². The number of nitrogens with zero attached hydrogens (tertiary/aromatic N) is 2. The molecular formula is C20H23N3O5. The van der Waals surface area contributed by atoms with E-state index in [1.54, 1.807) is 24.3 Å². The molecule has 1 saturated heterocycles. The van der Waals surface area contributed by atoms with Crippen molar-refractivity contribution in [3.63, 3.8) is 0 Å². The molecule has 0 bridgehead atoms. The lowest BCUT2D eigenvalue weighted by atomic mass is 9.97. The molecule has 0 unspecified atom stereocenters. The Hall–Kier alpha value is -2.90. The molecule has 8 nitrogen and oxygen atoms in total. The number of hydrogen-bond donors (Lipinski definition) is 1. The fourth-order valence-electron chi connectivity index (χ4n) is 4.48. The van der Waals surface area contributed by atoms with Crippen molar-refractivity contribution in [3.8, 4) is 0 Å². The van der Waals surface area contributed by atoms with Gasteiger partial charge in [0.25, 0.3) is 11.8 Å². The van der Waals surface area contributed by atoms with Gasteiger partial charge >= 0.3 is 5.97 Å². The highest BCUT2D eigenvalue weighted by Crippen LogP contribution is 2.44. The number of amides is 3. The Morgan fingerprint density at radius 3 is 2.68 bits per heavy atom. The Bertz CT molecular complexity index is 848. The number of ether oxygens (including phenoxy) is 1. The first-order chi connectivity index (χ1) is 13.4. The van der Waals surface area contributed by atoms with E-state index in [1.807, 2.05) is 0 Å². The van der Waals surface area contributed by atoms with E-state index in [9.17, 15) is 19.2 Å². The molecule has 1 aliphatic carbocycles. The maximum absolute atomic E-state index is 13.1. The van der Waals surface area contributed by atoms with Gasteiger partial charge in [-0.3, -0.25) is 19.3 Å². The van der Waals surface area contributed by atoms with Crippen molar-refractivity contribution >= 4 is 29.4 Å². The Labute approximate surface area is 162 Å². The Morgan fingerprint density at radius 1 is 1.21 bits per heavy atom. The van der Waals surface area contributed by atoms with E-state index in [0.29, 0.717) is 11.3 Å². The van der Waals surface area contributed by atoms with E-state index in [1.165, 1.54) is 16.8 Å². The number of likely N-dealkylation sites (N-methyl/N-ethyl adjacent to an activating group) is 1. The quantitative estimate of drug-likeness (QED) is 0.786. The maximum Gasteiger partial charge on any atom is 0.354 e. The van der Waals surface area contributed by atoms with Crippen LogP contribution in [0.15, 0.2) is 24.3 Å². The van der Waals surface area contributed by atoms with Crippen LogP contribution in [0.4, 0.5) is 5.69 Å². The molecule has 28 heavy (non-hydrogen) atoms. The SMILES string of the molecule is CN1C(=O)c2ccccc2N2C(=O)CC[C@@]12C(=O)OCC(=O)NC1CCCC1. The number of fused-ring (bicyclic) bond motifs is 3. The Kier molecular flexibility index (Phi) is 4.56. The number of benzene rings is 1. The molecule has 3 aliphatic rings. The predicted molar refractivity (Wildman–Crippen MR) is 99.3 cm³/mol. The second-order valence-corrected chi connectivity index (χ2v) is 7.55. The fraction of sp³-hybridized carbons (Fsp3) is 0.500. The fourth-order valence-corrected chi connectivity index (χ4v) is 4.48. The van der Waals surface area contributed by atoms with Crippen LogP contribution in [0, 0.1) is 0 Å². The molecule has 1 aromatic rings. The summed E-state index contributed by atoms with van der Waals surface area (Å²) in [5.74, 6) is -1.73. The van der Waals surface area contributed by atoms with Gasteiger partial charge < -0.3 is 15.0 Å². The van der Waals surface area contributed by atoms with Crippen LogP contribution in [0.3, 0.4) is 0 Å². The number of carbonyl (C=O) groups is 4. The molecule has 1 aromatic carbocycles. The molecule has 1 saturated carbocycles. The van der Waals surface area contributed by atoms with Gasteiger partial charge in [0, 0.05) is 25.9 Å². The standard InChI is InChI=1S/C20H23N3O5/c1-22-18(26)14-8-4-5-9-15(14)23-17(25)10-11-20(22,23)19(27)28-12-16(24)21-13-6-2-3-7-13/h4-5,8-9,13H,2-3,6-7,10-12H2,1H3,(H,21,24)/t20-/m1/s1. The Morgan fingerprint density at radius 2 is 1.93 bits per heavy atom. The number of anilines is 1. The van der Waals surface area contributed by atoms with E-state index in [4.69, 9.17) is 4.74 Å². The van der Waals surface area contributed by atoms with Gasteiger partial charge in [-0.1, -0.05) is 25.0 Å². The van der Waals surface area contributed by atoms with Crippen LogP contribution in [0.1, 0.15) is 48.9 Å². The Balaban J connectivity index is 1.56. The molecule has 2 aliphatic heterocycles. The largest absolute Gasteiger partial charge is 0.452 e. The molecule has 1 atom stereocenters. The molecule has 3 amide bonds. The smallest absolute Gasteiger partial charge is 0.354 e. The number of rotatable bonds is 4. The van der Waals surface area contributed by atoms with Crippen LogP contribution >= 0.6 is 0 Å². The highest BCUT2D eigenvalue weighted by molar-refractivity contribution is 6.15. The second-order valence-electron chi connectivity index (χ2n) is 7.55. The summed E-state index contributed by atoms with van der Waals surface area (Å²) in [6.07, 6.45) is 4.27. The van der Waals surface area contributed by atoms with E-state index >= 15 is 0 Å². The predicted octanol–water partition coefficient (Wildman–Crippen LogP) is 1.20. The topological polar surface area (TPSA) is 96.0 Å². The number of nitrogens with one attached hydrogen (secondary N) is 1. The third-order valence-corrected chi connectivity index (χ3v) is 5.92. The summed E-state index contributed by atoms with van der Waals surface area (Å²) < 4.78 is 5.30. The summed E-state index contributed by atoms with van der Waals surface area (Å²) >= 11 is 0. The van der Waals surface area contributed by atoms with Gasteiger partial charge in [-0.2, -0.15) is 0 Å². The minimum absolute atomic E-state index is 0.120. The van der Waals surface area contributed by atoms with Crippen molar-refractivity contribution in [2.24, 2.45) is 0 Å². The average Bonchev–Trinajstić information content (AvgIpc) is 3.32. The van der Waals surface area contributed by atoms with Crippen LogP contribution in [0.25, 0.3) is 0 Å². The van der Waals surface area contributed by atoms with Gasteiger partial charge in [0.15, 0.2) is 6.61 Å². The summed E-state index contributed by atoms with van der Waals surface area (Å²) in [6, 6.07) is 6.83. The first kappa shape index (κ1) is 18.5. The zero-order valence-corrected chi connectivity index (χ0v) is 15.8. The molecule has 4 rings (SSSR count).